The second-order valence-electron chi connectivity index (χ2n) is 7.08. The number of ether oxygens (including phenoxy) is 1. The van der Waals surface area contributed by atoms with Crippen LogP contribution in [0.2, 0.25) is 0 Å². The van der Waals surface area contributed by atoms with Crippen LogP contribution in [-0.2, 0) is 22.6 Å². The molecule has 0 aliphatic rings. The highest BCUT2D eigenvalue weighted by molar-refractivity contribution is 5.79. The van der Waals surface area contributed by atoms with Gasteiger partial charge in [-0.15, -0.1) is 0 Å². The summed E-state index contributed by atoms with van der Waals surface area (Å²) in [5.41, 5.74) is -0.150. The molecule has 1 atom stereocenters. The van der Waals surface area contributed by atoms with E-state index in [0.29, 0.717) is 6.54 Å². The van der Waals surface area contributed by atoms with E-state index in [1.54, 1.807) is 20.8 Å². The number of benzene rings is 1. The Labute approximate surface area is 156 Å². The highest BCUT2D eigenvalue weighted by Crippen LogP contribution is 2.07. The van der Waals surface area contributed by atoms with Gasteiger partial charge in [-0.1, -0.05) is 30.3 Å². The van der Waals surface area contributed by atoms with Crippen molar-refractivity contribution in [3.05, 3.63) is 52.7 Å². The Hall–Kier alpha value is -3.10. The van der Waals surface area contributed by atoms with Crippen molar-refractivity contribution in [2.75, 3.05) is 0 Å². The Balaban J connectivity index is 1.98. The molecule has 0 aliphatic carbocycles. The van der Waals surface area contributed by atoms with Gasteiger partial charge in [0.25, 0.3) is 0 Å². The Bertz CT molecular complexity index is 835. The van der Waals surface area contributed by atoms with Crippen molar-refractivity contribution < 1.29 is 19.4 Å². The monoisotopic (exact) mass is 376 g/mol. The summed E-state index contributed by atoms with van der Waals surface area (Å²) in [5, 5.41) is 15.6. The lowest BCUT2D eigenvalue weighted by atomic mass is 10.2. The number of rotatable bonds is 7. The van der Waals surface area contributed by atoms with E-state index in [1.165, 1.54) is 15.6 Å². The SMILES string of the molecule is CC(C)(C)OC(=O)N[C@@H](CCn1cnn(Cc2ccccc2)c1=O)C(=O)O. The van der Waals surface area contributed by atoms with Crippen LogP contribution in [0.1, 0.15) is 32.8 Å². The van der Waals surface area contributed by atoms with Crippen molar-refractivity contribution in [3.63, 3.8) is 0 Å². The third-order valence-electron chi connectivity index (χ3n) is 3.62. The number of hydrogen-bond acceptors (Lipinski definition) is 5. The van der Waals surface area contributed by atoms with Crippen LogP contribution < -0.4 is 11.0 Å². The van der Waals surface area contributed by atoms with Crippen LogP contribution in [0.25, 0.3) is 0 Å². The molecule has 27 heavy (non-hydrogen) atoms. The topological polar surface area (TPSA) is 115 Å². The molecule has 2 rings (SSSR count). The van der Waals surface area contributed by atoms with Crippen LogP contribution >= 0.6 is 0 Å². The van der Waals surface area contributed by atoms with Crippen LogP contribution in [0.15, 0.2) is 41.5 Å². The normalized spacial score (nSPS) is 12.4. The fourth-order valence-electron chi connectivity index (χ4n) is 2.37. The molecule has 2 N–H and O–H groups in total. The average molecular weight is 376 g/mol. The lowest BCUT2D eigenvalue weighted by Gasteiger charge is -2.22. The van der Waals surface area contributed by atoms with Crippen molar-refractivity contribution in [2.24, 2.45) is 0 Å². The Morgan fingerprint density at radius 1 is 1.26 bits per heavy atom. The van der Waals surface area contributed by atoms with Gasteiger partial charge in [-0.05, 0) is 32.8 Å². The van der Waals surface area contributed by atoms with Gasteiger partial charge in [0, 0.05) is 6.54 Å². The minimum Gasteiger partial charge on any atom is -0.480 e. The summed E-state index contributed by atoms with van der Waals surface area (Å²) >= 11 is 0. The van der Waals surface area contributed by atoms with Crippen molar-refractivity contribution in [1.82, 2.24) is 19.7 Å². The number of aromatic nitrogens is 3. The smallest absolute Gasteiger partial charge is 0.408 e. The summed E-state index contributed by atoms with van der Waals surface area (Å²) in [7, 11) is 0. The molecular weight excluding hydrogens is 352 g/mol. The summed E-state index contributed by atoms with van der Waals surface area (Å²) < 4.78 is 7.68. The van der Waals surface area contributed by atoms with Crippen molar-refractivity contribution in [1.29, 1.82) is 0 Å². The van der Waals surface area contributed by atoms with Crippen molar-refractivity contribution in [3.8, 4) is 0 Å². The molecule has 0 bridgehead atoms. The summed E-state index contributed by atoms with van der Waals surface area (Å²) in [6.07, 6.45) is 0.561. The lowest BCUT2D eigenvalue weighted by Crippen LogP contribution is -2.44. The maximum absolute atomic E-state index is 12.4. The molecular formula is C18H24N4O5. The van der Waals surface area contributed by atoms with Crippen LogP contribution in [0.3, 0.4) is 0 Å². The summed E-state index contributed by atoms with van der Waals surface area (Å²) in [5.74, 6) is -1.20. The first kappa shape index (κ1) is 20.2. The second-order valence-corrected chi connectivity index (χ2v) is 7.08. The fraction of sp³-hybridized carbons (Fsp3) is 0.444. The summed E-state index contributed by atoms with van der Waals surface area (Å²) in [4.78, 5) is 35.5. The van der Waals surface area contributed by atoms with Crippen LogP contribution in [-0.4, -0.2) is 43.2 Å². The van der Waals surface area contributed by atoms with Gasteiger partial charge in [0.1, 0.15) is 18.0 Å². The molecule has 1 aromatic carbocycles. The van der Waals surface area contributed by atoms with Gasteiger partial charge in [0.05, 0.1) is 6.54 Å². The molecule has 0 radical (unpaired) electrons. The Kier molecular flexibility index (Phi) is 6.38. The molecule has 0 aliphatic heterocycles. The fourth-order valence-corrected chi connectivity index (χ4v) is 2.37. The standard InChI is InChI=1S/C18H24N4O5/c1-18(2,3)27-16(25)20-14(15(23)24)9-10-21-12-19-22(17(21)26)11-13-7-5-4-6-8-13/h4-8,12,14H,9-11H2,1-3H3,(H,20,25)(H,23,24)/t14-/m0/s1. The van der Waals surface area contributed by atoms with Gasteiger partial charge in [-0.3, -0.25) is 4.57 Å². The predicted molar refractivity (Wildman–Crippen MR) is 97.4 cm³/mol. The number of nitrogens with zero attached hydrogens (tertiary/aromatic N) is 3. The van der Waals surface area contributed by atoms with Gasteiger partial charge < -0.3 is 15.2 Å². The van der Waals surface area contributed by atoms with E-state index in [-0.39, 0.29) is 18.7 Å². The zero-order valence-electron chi connectivity index (χ0n) is 15.6. The van der Waals surface area contributed by atoms with E-state index in [0.717, 1.165) is 5.56 Å². The minimum atomic E-state index is -1.20. The van der Waals surface area contributed by atoms with E-state index in [2.05, 4.69) is 10.4 Å². The highest BCUT2D eigenvalue weighted by atomic mass is 16.6. The number of carbonyl (C=O) groups excluding carboxylic acids is 1. The lowest BCUT2D eigenvalue weighted by molar-refractivity contribution is -0.139. The molecule has 0 fully saturated rings. The largest absolute Gasteiger partial charge is 0.480 e. The molecule has 0 saturated heterocycles. The van der Waals surface area contributed by atoms with Gasteiger partial charge in [0.15, 0.2) is 0 Å². The predicted octanol–water partition coefficient (Wildman–Crippen LogP) is 1.46. The number of carboxylic acids is 1. The number of nitrogens with one attached hydrogen (secondary N) is 1. The van der Waals surface area contributed by atoms with Crippen molar-refractivity contribution >= 4 is 12.1 Å². The number of carboxylic acid groups (broad SMARTS) is 1. The van der Waals surface area contributed by atoms with Gasteiger partial charge in [0.2, 0.25) is 0 Å². The van der Waals surface area contributed by atoms with Crippen LogP contribution in [0.4, 0.5) is 4.79 Å². The van der Waals surface area contributed by atoms with E-state index in [4.69, 9.17) is 4.74 Å². The molecule has 0 saturated carbocycles. The first-order chi connectivity index (χ1) is 12.7. The Morgan fingerprint density at radius 3 is 2.52 bits per heavy atom. The molecule has 9 heteroatoms. The second kappa shape index (κ2) is 8.52. The minimum absolute atomic E-state index is 0.0194. The van der Waals surface area contributed by atoms with Gasteiger partial charge >= 0.3 is 17.8 Å². The van der Waals surface area contributed by atoms with E-state index in [1.807, 2.05) is 30.3 Å². The molecule has 1 amide bonds. The first-order valence-corrected chi connectivity index (χ1v) is 8.54. The molecule has 1 aromatic heterocycles. The zero-order chi connectivity index (χ0) is 20.0. The quantitative estimate of drug-likeness (QED) is 0.756. The average Bonchev–Trinajstić information content (AvgIpc) is 2.91. The molecule has 146 valence electrons. The Morgan fingerprint density at radius 2 is 1.93 bits per heavy atom. The molecule has 0 unspecified atom stereocenters. The third-order valence-corrected chi connectivity index (χ3v) is 3.62. The molecule has 9 nitrogen and oxygen atoms in total. The van der Waals surface area contributed by atoms with E-state index < -0.39 is 23.7 Å². The highest BCUT2D eigenvalue weighted by Gasteiger charge is 2.24. The van der Waals surface area contributed by atoms with Gasteiger partial charge in [-0.2, -0.15) is 5.10 Å². The van der Waals surface area contributed by atoms with Crippen molar-refractivity contribution in [2.45, 2.75) is 51.9 Å². The number of aryl methyl sites for hydroxylation is 1. The van der Waals surface area contributed by atoms with Crippen LogP contribution in [0.5, 0.6) is 0 Å². The third kappa shape index (κ3) is 6.28. The number of aliphatic carboxylic acids is 1. The first-order valence-electron chi connectivity index (χ1n) is 8.54. The summed E-state index contributed by atoms with van der Waals surface area (Å²) in [6, 6.07) is 8.22. The molecule has 2 aromatic rings. The maximum atomic E-state index is 12.4. The maximum Gasteiger partial charge on any atom is 0.408 e. The number of hydrogen-bond donors (Lipinski definition) is 2. The van der Waals surface area contributed by atoms with E-state index in [9.17, 15) is 19.5 Å². The number of carbonyl (C=O) groups is 2. The summed E-state index contributed by atoms with van der Waals surface area (Å²) in [6.45, 7) is 5.47. The van der Waals surface area contributed by atoms with Crippen LogP contribution in [0, 0.1) is 0 Å². The number of amides is 1. The van der Waals surface area contributed by atoms with Gasteiger partial charge in [-0.25, -0.2) is 19.1 Å². The molecule has 0 spiro atoms. The number of alkyl carbamates (subject to hydrolysis) is 1. The molecule has 1 heterocycles. The van der Waals surface area contributed by atoms with E-state index >= 15 is 0 Å². The zero-order valence-corrected chi connectivity index (χ0v) is 15.6.